The fourth-order valence-corrected chi connectivity index (χ4v) is 5.02. The zero-order valence-electron chi connectivity index (χ0n) is 16.5. The minimum Gasteiger partial charge on any atom is -0.469 e. The van der Waals surface area contributed by atoms with Crippen LogP contribution in [0.2, 0.25) is 0 Å². The predicted octanol–water partition coefficient (Wildman–Crippen LogP) is 3.93. The molecule has 0 aliphatic heterocycles. The maximum Gasteiger partial charge on any atom is 0.308 e. The van der Waals surface area contributed by atoms with Crippen LogP contribution < -0.4 is 0 Å². The molecule has 0 heterocycles. The monoisotopic (exact) mass is 366 g/mol. The quantitative estimate of drug-likeness (QED) is 0.639. The molecule has 0 amide bonds. The average Bonchev–Trinajstić information content (AvgIpc) is 2.70. The van der Waals surface area contributed by atoms with Gasteiger partial charge < -0.3 is 9.47 Å². The van der Waals surface area contributed by atoms with Crippen molar-refractivity contribution in [2.75, 3.05) is 14.2 Å². The second kappa shape index (κ2) is 10.1. The number of Topliss-reactive ketones (excluding diaryl/α,β-unsaturated/α-hetero) is 1. The van der Waals surface area contributed by atoms with Crippen molar-refractivity contribution >= 4 is 17.7 Å². The first kappa shape index (κ1) is 20.9. The Bertz CT molecular complexity index is 449. The number of esters is 2. The maximum atomic E-state index is 12.2. The molecule has 0 aromatic carbocycles. The zero-order chi connectivity index (χ0) is 19.1. The van der Waals surface area contributed by atoms with Crippen LogP contribution in [0.1, 0.15) is 71.1 Å². The summed E-state index contributed by atoms with van der Waals surface area (Å²) in [4.78, 5) is 35.8. The Labute approximate surface area is 157 Å². The van der Waals surface area contributed by atoms with E-state index in [1.807, 2.05) is 6.92 Å². The van der Waals surface area contributed by atoms with Crippen molar-refractivity contribution in [3.8, 4) is 0 Å². The first-order valence-electron chi connectivity index (χ1n) is 10.2. The van der Waals surface area contributed by atoms with Gasteiger partial charge in [0.25, 0.3) is 0 Å². The van der Waals surface area contributed by atoms with Crippen LogP contribution in [-0.4, -0.2) is 31.9 Å². The Kier molecular flexibility index (Phi) is 8.11. The molecule has 2 aliphatic rings. The van der Waals surface area contributed by atoms with Crippen molar-refractivity contribution in [3.63, 3.8) is 0 Å². The van der Waals surface area contributed by atoms with E-state index in [1.54, 1.807) is 0 Å². The number of methoxy groups -OCH3 is 2. The highest BCUT2D eigenvalue weighted by molar-refractivity contribution is 5.78. The standard InChI is InChI=1S/C21H34O5/c1-4-18(22)13-19(14-5-9-16(10-6-14)20(23)25-2)15-7-11-17(12-8-15)21(24)26-3/h14-17,19H,4-13H2,1-3H3. The van der Waals surface area contributed by atoms with E-state index >= 15 is 0 Å². The molecule has 26 heavy (non-hydrogen) atoms. The molecule has 2 saturated carbocycles. The Hall–Kier alpha value is -1.39. The molecule has 0 spiro atoms. The summed E-state index contributed by atoms with van der Waals surface area (Å²) in [6, 6.07) is 0. The van der Waals surface area contributed by atoms with Crippen LogP contribution in [0, 0.1) is 29.6 Å². The van der Waals surface area contributed by atoms with Crippen LogP contribution in [-0.2, 0) is 23.9 Å². The number of rotatable bonds is 7. The number of carbonyl (C=O) groups is 3. The number of ether oxygens (including phenoxy) is 2. The highest BCUT2D eigenvalue weighted by Gasteiger charge is 2.38. The largest absolute Gasteiger partial charge is 0.469 e. The van der Waals surface area contributed by atoms with Crippen molar-refractivity contribution in [3.05, 3.63) is 0 Å². The SMILES string of the molecule is CCC(=O)CC(C1CCC(C(=O)OC)CC1)C1CCC(C(=O)OC)CC1. The van der Waals surface area contributed by atoms with E-state index in [2.05, 4.69) is 0 Å². The fourth-order valence-electron chi connectivity index (χ4n) is 5.02. The van der Waals surface area contributed by atoms with Crippen LogP contribution in [0.3, 0.4) is 0 Å². The summed E-state index contributed by atoms with van der Waals surface area (Å²) in [5.41, 5.74) is 0. The highest BCUT2D eigenvalue weighted by atomic mass is 16.5. The summed E-state index contributed by atoms with van der Waals surface area (Å²) < 4.78 is 9.78. The minimum absolute atomic E-state index is 0.0221. The highest BCUT2D eigenvalue weighted by Crippen LogP contribution is 2.44. The predicted molar refractivity (Wildman–Crippen MR) is 98.3 cm³/mol. The van der Waals surface area contributed by atoms with E-state index in [9.17, 15) is 14.4 Å². The van der Waals surface area contributed by atoms with Crippen molar-refractivity contribution in [1.82, 2.24) is 0 Å². The second-order valence-corrected chi connectivity index (χ2v) is 8.03. The van der Waals surface area contributed by atoms with Gasteiger partial charge in [0.15, 0.2) is 0 Å². The molecule has 2 fully saturated rings. The third-order valence-electron chi connectivity index (χ3n) is 6.68. The lowest BCUT2D eigenvalue weighted by Gasteiger charge is -2.40. The van der Waals surface area contributed by atoms with E-state index < -0.39 is 0 Å². The molecular weight excluding hydrogens is 332 g/mol. The molecule has 0 saturated heterocycles. The van der Waals surface area contributed by atoms with Gasteiger partial charge in [0, 0.05) is 12.8 Å². The summed E-state index contributed by atoms with van der Waals surface area (Å²) in [7, 11) is 2.91. The lowest BCUT2D eigenvalue weighted by Crippen LogP contribution is -2.34. The van der Waals surface area contributed by atoms with Gasteiger partial charge in [-0.15, -0.1) is 0 Å². The van der Waals surface area contributed by atoms with E-state index in [4.69, 9.17) is 9.47 Å². The van der Waals surface area contributed by atoms with Crippen molar-refractivity contribution in [1.29, 1.82) is 0 Å². The third-order valence-corrected chi connectivity index (χ3v) is 6.68. The number of hydrogen-bond donors (Lipinski definition) is 0. The Morgan fingerprint density at radius 3 is 1.46 bits per heavy atom. The smallest absolute Gasteiger partial charge is 0.308 e. The topological polar surface area (TPSA) is 69.7 Å². The number of hydrogen-bond acceptors (Lipinski definition) is 5. The van der Waals surface area contributed by atoms with Crippen LogP contribution in [0.15, 0.2) is 0 Å². The van der Waals surface area contributed by atoms with Gasteiger partial charge in [-0.25, -0.2) is 0 Å². The third kappa shape index (κ3) is 5.31. The van der Waals surface area contributed by atoms with Crippen LogP contribution >= 0.6 is 0 Å². The lowest BCUT2D eigenvalue weighted by molar-refractivity contribution is -0.147. The maximum absolute atomic E-state index is 12.2. The molecule has 0 radical (unpaired) electrons. The van der Waals surface area contributed by atoms with Gasteiger partial charge in [-0.05, 0) is 69.1 Å². The number of ketones is 1. The molecule has 5 nitrogen and oxygen atoms in total. The normalized spacial score (nSPS) is 30.3. The molecule has 0 bridgehead atoms. The molecule has 2 aliphatic carbocycles. The van der Waals surface area contributed by atoms with Gasteiger partial charge in [-0.2, -0.15) is 0 Å². The Balaban J connectivity index is 1.98. The molecular formula is C21H34O5. The van der Waals surface area contributed by atoms with E-state index in [0.29, 0.717) is 36.4 Å². The second-order valence-electron chi connectivity index (χ2n) is 8.03. The van der Waals surface area contributed by atoms with E-state index in [0.717, 1.165) is 51.4 Å². The van der Waals surface area contributed by atoms with Gasteiger partial charge in [-0.1, -0.05) is 6.92 Å². The summed E-state index contributed by atoms with van der Waals surface area (Å²) in [5, 5.41) is 0. The fraction of sp³-hybridized carbons (Fsp3) is 0.857. The van der Waals surface area contributed by atoms with E-state index in [-0.39, 0.29) is 23.8 Å². The average molecular weight is 366 g/mol. The zero-order valence-corrected chi connectivity index (χ0v) is 16.5. The molecule has 2 rings (SSSR count). The van der Waals surface area contributed by atoms with Crippen LogP contribution in [0.25, 0.3) is 0 Å². The molecule has 0 N–H and O–H groups in total. The van der Waals surface area contributed by atoms with Crippen LogP contribution in [0.4, 0.5) is 0 Å². The van der Waals surface area contributed by atoms with Gasteiger partial charge in [0.1, 0.15) is 5.78 Å². The minimum atomic E-state index is -0.0942. The Morgan fingerprint density at radius 1 is 0.769 bits per heavy atom. The van der Waals surface area contributed by atoms with Gasteiger partial charge in [0.2, 0.25) is 0 Å². The van der Waals surface area contributed by atoms with Gasteiger partial charge >= 0.3 is 11.9 Å². The molecule has 0 atom stereocenters. The first-order valence-corrected chi connectivity index (χ1v) is 10.2. The summed E-state index contributed by atoms with van der Waals surface area (Å²) >= 11 is 0. The van der Waals surface area contributed by atoms with E-state index in [1.165, 1.54) is 14.2 Å². The molecule has 0 unspecified atom stereocenters. The lowest BCUT2D eigenvalue weighted by atomic mass is 9.65. The van der Waals surface area contributed by atoms with Crippen molar-refractivity contribution in [2.24, 2.45) is 29.6 Å². The molecule has 148 valence electrons. The summed E-state index contributed by atoms with van der Waals surface area (Å²) in [5.74, 6) is 1.59. The summed E-state index contributed by atoms with van der Waals surface area (Å²) in [6.07, 6.45) is 8.70. The first-order chi connectivity index (χ1) is 12.5. The molecule has 0 aromatic heterocycles. The number of carbonyl (C=O) groups excluding carboxylic acids is 3. The Morgan fingerprint density at radius 2 is 1.15 bits per heavy atom. The van der Waals surface area contributed by atoms with Gasteiger partial charge in [0.05, 0.1) is 26.1 Å². The van der Waals surface area contributed by atoms with Crippen molar-refractivity contribution < 1.29 is 23.9 Å². The van der Waals surface area contributed by atoms with Gasteiger partial charge in [-0.3, -0.25) is 14.4 Å². The molecule has 5 heteroatoms. The van der Waals surface area contributed by atoms with Crippen molar-refractivity contribution in [2.45, 2.75) is 71.1 Å². The summed E-state index contributed by atoms with van der Waals surface area (Å²) in [6.45, 7) is 1.93. The van der Waals surface area contributed by atoms with Crippen LogP contribution in [0.5, 0.6) is 0 Å². The molecule has 0 aromatic rings.